The lowest BCUT2D eigenvalue weighted by Crippen LogP contribution is -2.37. The van der Waals surface area contributed by atoms with Gasteiger partial charge in [-0.3, -0.25) is 9.69 Å². The maximum Gasteiger partial charge on any atom is 0.220 e. The monoisotopic (exact) mass is 316 g/mol. The molecule has 0 spiro atoms. The highest BCUT2D eigenvalue weighted by Gasteiger charge is 2.28. The molecule has 2 saturated heterocycles. The van der Waals surface area contributed by atoms with Crippen molar-refractivity contribution in [2.45, 2.75) is 57.2 Å². The zero-order valence-corrected chi connectivity index (χ0v) is 14.0. The Balaban J connectivity index is 1.41. The summed E-state index contributed by atoms with van der Waals surface area (Å²) in [5, 5.41) is 3.20. The standard InChI is InChI=1S/C19H28N2O2/c1-15(16-6-3-2-4-7-16)21-12-11-17(14-21)20-19(22)10-9-18-8-5-13-23-18/h2-4,6-7,15,17-18H,5,8-14H2,1H3,(H,20,22). The van der Waals surface area contributed by atoms with Crippen molar-refractivity contribution in [3.63, 3.8) is 0 Å². The summed E-state index contributed by atoms with van der Waals surface area (Å²) >= 11 is 0. The number of benzene rings is 1. The number of carbonyl (C=O) groups is 1. The van der Waals surface area contributed by atoms with E-state index in [1.165, 1.54) is 5.56 Å². The first kappa shape index (κ1) is 16.5. The summed E-state index contributed by atoms with van der Waals surface area (Å²) in [6.07, 6.45) is 5.06. The summed E-state index contributed by atoms with van der Waals surface area (Å²) in [6, 6.07) is 11.3. The SMILES string of the molecule is CC(c1ccccc1)N1CCC(NC(=O)CCC2CCCO2)C1. The first-order valence-electron chi connectivity index (χ1n) is 8.92. The molecule has 23 heavy (non-hydrogen) atoms. The maximum atomic E-state index is 12.1. The van der Waals surface area contributed by atoms with Crippen molar-refractivity contribution in [2.75, 3.05) is 19.7 Å². The van der Waals surface area contributed by atoms with Crippen LogP contribution in [0.3, 0.4) is 0 Å². The third-order valence-corrected chi connectivity index (χ3v) is 5.13. The van der Waals surface area contributed by atoms with Gasteiger partial charge in [-0.2, -0.15) is 0 Å². The van der Waals surface area contributed by atoms with Crippen LogP contribution in [-0.4, -0.2) is 42.6 Å². The van der Waals surface area contributed by atoms with Crippen molar-refractivity contribution in [3.8, 4) is 0 Å². The van der Waals surface area contributed by atoms with Crippen molar-refractivity contribution in [1.82, 2.24) is 10.2 Å². The molecule has 0 radical (unpaired) electrons. The molecule has 2 aliphatic rings. The van der Waals surface area contributed by atoms with Gasteiger partial charge in [0.15, 0.2) is 0 Å². The van der Waals surface area contributed by atoms with E-state index in [4.69, 9.17) is 4.74 Å². The van der Waals surface area contributed by atoms with Gasteiger partial charge in [-0.25, -0.2) is 0 Å². The molecule has 3 unspecified atom stereocenters. The molecule has 3 rings (SSSR count). The average Bonchev–Trinajstić information content (AvgIpc) is 3.25. The average molecular weight is 316 g/mol. The number of hydrogen-bond donors (Lipinski definition) is 1. The van der Waals surface area contributed by atoms with Crippen molar-refractivity contribution in [2.24, 2.45) is 0 Å². The van der Waals surface area contributed by atoms with Gasteiger partial charge in [-0.1, -0.05) is 30.3 Å². The molecule has 126 valence electrons. The Hall–Kier alpha value is -1.39. The number of amides is 1. The van der Waals surface area contributed by atoms with Gasteiger partial charge in [0.2, 0.25) is 5.91 Å². The predicted octanol–water partition coefficient (Wildman–Crippen LogP) is 2.90. The fourth-order valence-corrected chi connectivity index (χ4v) is 3.66. The van der Waals surface area contributed by atoms with Crippen LogP contribution in [0.4, 0.5) is 0 Å². The lowest BCUT2D eigenvalue weighted by Gasteiger charge is -2.24. The van der Waals surface area contributed by atoms with Gasteiger partial charge >= 0.3 is 0 Å². The number of hydrogen-bond acceptors (Lipinski definition) is 3. The summed E-state index contributed by atoms with van der Waals surface area (Å²) in [7, 11) is 0. The van der Waals surface area contributed by atoms with E-state index in [0.29, 0.717) is 18.6 Å². The van der Waals surface area contributed by atoms with E-state index in [1.807, 2.05) is 0 Å². The summed E-state index contributed by atoms with van der Waals surface area (Å²) < 4.78 is 5.58. The third-order valence-electron chi connectivity index (χ3n) is 5.13. The van der Waals surface area contributed by atoms with Crippen molar-refractivity contribution < 1.29 is 9.53 Å². The Morgan fingerprint density at radius 2 is 2.17 bits per heavy atom. The highest BCUT2D eigenvalue weighted by atomic mass is 16.5. The molecule has 0 aliphatic carbocycles. The largest absolute Gasteiger partial charge is 0.378 e. The summed E-state index contributed by atoms with van der Waals surface area (Å²) in [6.45, 7) is 5.10. The van der Waals surface area contributed by atoms with Gasteiger partial charge in [-0.05, 0) is 38.2 Å². The second-order valence-corrected chi connectivity index (χ2v) is 6.81. The predicted molar refractivity (Wildman–Crippen MR) is 91.2 cm³/mol. The van der Waals surface area contributed by atoms with Crippen LogP contribution in [0.2, 0.25) is 0 Å². The minimum Gasteiger partial charge on any atom is -0.378 e. The second-order valence-electron chi connectivity index (χ2n) is 6.81. The fourth-order valence-electron chi connectivity index (χ4n) is 3.66. The van der Waals surface area contributed by atoms with Gasteiger partial charge in [-0.15, -0.1) is 0 Å². The van der Waals surface area contributed by atoms with Gasteiger partial charge < -0.3 is 10.1 Å². The number of nitrogens with zero attached hydrogens (tertiary/aromatic N) is 1. The number of nitrogens with one attached hydrogen (secondary N) is 1. The minimum absolute atomic E-state index is 0.180. The quantitative estimate of drug-likeness (QED) is 0.877. The van der Waals surface area contributed by atoms with E-state index in [2.05, 4.69) is 47.5 Å². The minimum atomic E-state index is 0.180. The zero-order valence-electron chi connectivity index (χ0n) is 14.0. The van der Waals surface area contributed by atoms with Crippen LogP contribution in [0.5, 0.6) is 0 Å². The normalized spacial score (nSPS) is 26.3. The Kier molecular flexibility index (Phi) is 5.68. The highest BCUT2D eigenvalue weighted by Crippen LogP contribution is 2.24. The molecular weight excluding hydrogens is 288 g/mol. The highest BCUT2D eigenvalue weighted by molar-refractivity contribution is 5.76. The van der Waals surface area contributed by atoms with E-state index in [9.17, 15) is 4.79 Å². The lowest BCUT2D eigenvalue weighted by molar-refractivity contribution is -0.122. The molecule has 3 atom stereocenters. The Labute approximate surface area is 139 Å². The Morgan fingerprint density at radius 3 is 2.91 bits per heavy atom. The summed E-state index contributed by atoms with van der Waals surface area (Å²) in [4.78, 5) is 14.6. The molecular formula is C19H28N2O2. The lowest BCUT2D eigenvalue weighted by atomic mass is 10.1. The zero-order chi connectivity index (χ0) is 16.1. The van der Waals surface area contributed by atoms with Crippen LogP contribution < -0.4 is 5.32 Å². The van der Waals surface area contributed by atoms with Crippen LogP contribution in [0.25, 0.3) is 0 Å². The van der Waals surface area contributed by atoms with E-state index >= 15 is 0 Å². The van der Waals surface area contributed by atoms with Crippen molar-refractivity contribution in [3.05, 3.63) is 35.9 Å². The molecule has 4 heteroatoms. The molecule has 0 bridgehead atoms. The third kappa shape index (κ3) is 4.55. The second kappa shape index (κ2) is 7.93. The molecule has 0 saturated carbocycles. The Morgan fingerprint density at radius 1 is 1.35 bits per heavy atom. The molecule has 4 nitrogen and oxygen atoms in total. The van der Waals surface area contributed by atoms with Crippen LogP contribution in [0, 0.1) is 0 Å². The Bertz CT molecular complexity index is 499. The van der Waals surface area contributed by atoms with Crippen molar-refractivity contribution in [1.29, 1.82) is 0 Å². The van der Waals surface area contributed by atoms with Gasteiger partial charge in [0.1, 0.15) is 0 Å². The molecule has 2 aliphatic heterocycles. The number of carbonyl (C=O) groups excluding carboxylic acids is 1. The van der Waals surface area contributed by atoms with E-state index in [-0.39, 0.29) is 11.9 Å². The van der Waals surface area contributed by atoms with Crippen LogP contribution in [-0.2, 0) is 9.53 Å². The fraction of sp³-hybridized carbons (Fsp3) is 0.632. The van der Waals surface area contributed by atoms with Gasteiger partial charge in [0.05, 0.1) is 6.10 Å². The number of likely N-dealkylation sites (tertiary alicyclic amines) is 1. The topological polar surface area (TPSA) is 41.6 Å². The van der Waals surface area contributed by atoms with E-state index in [1.54, 1.807) is 0 Å². The summed E-state index contributed by atoms with van der Waals surface area (Å²) in [5.41, 5.74) is 1.35. The summed E-state index contributed by atoms with van der Waals surface area (Å²) in [5.74, 6) is 0.180. The molecule has 2 fully saturated rings. The number of rotatable bonds is 6. The maximum absolute atomic E-state index is 12.1. The van der Waals surface area contributed by atoms with Crippen molar-refractivity contribution >= 4 is 5.91 Å². The molecule has 1 aromatic rings. The molecule has 1 aromatic carbocycles. The van der Waals surface area contributed by atoms with E-state index in [0.717, 1.165) is 45.4 Å². The smallest absolute Gasteiger partial charge is 0.220 e. The van der Waals surface area contributed by atoms with Crippen LogP contribution in [0.15, 0.2) is 30.3 Å². The van der Waals surface area contributed by atoms with Gasteiger partial charge in [0.25, 0.3) is 0 Å². The van der Waals surface area contributed by atoms with Gasteiger partial charge in [0, 0.05) is 38.2 Å². The van der Waals surface area contributed by atoms with Crippen LogP contribution >= 0.6 is 0 Å². The van der Waals surface area contributed by atoms with Crippen LogP contribution in [0.1, 0.15) is 50.6 Å². The molecule has 1 N–H and O–H groups in total. The van der Waals surface area contributed by atoms with E-state index < -0.39 is 0 Å². The first-order chi connectivity index (χ1) is 11.2. The molecule has 0 aromatic heterocycles. The molecule has 2 heterocycles. The first-order valence-corrected chi connectivity index (χ1v) is 8.92. The molecule has 1 amide bonds. The number of ether oxygens (including phenoxy) is 1.